The molecule has 146 valence electrons. The zero-order valence-corrected chi connectivity index (χ0v) is 16.9. The maximum Gasteiger partial charge on any atom is 0.243 e. The fourth-order valence-corrected chi connectivity index (χ4v) is 3.25. The summed E-state index contributed by atoms with van der Waals surface area (Å²) in [6.45, 7) is 4.51. The molecule has 0 aliphatic heterocycles. The van der Waals surface area contributed by atoms with Crippen LogP contribution in [0.3, 0.4) is 0 Å². The highest BCUT2D eigenvalue weighted by Gasteiger charge is 2.30. The molecule has 7 heteroatoms. The number of hydrogen-bond acceptors (Lipinski definition) is 4. The molecule has 1 N–H and O–H groups in total. The summed E-state index contributed by atoms with van der Waals surface area (Å²) in [6.07, 6.45) is 1.08. The van der Waals surface area contributed by atoms with Crippen molar-refractivity contribution in [3.05, 3.63) is 65.2 Å². The summed E-state index contributed by atoms with van der Waals surface area (Å²) < 4.78 is 30.7. The molecule has 2 aromatic rings. The summed E-state index contributed by atoms with van der Waals surface area (Å²) in [5.74, 6) is 0.385. The number of rotatable bonds is 8. The Morgan fingerprint density at radius 3 is 2.44 bits per heavy atom. The number of amides is 1. The van der Waals surface area contributed by atoms with E-state index in [2.05, 4.69) is 5.32 Å². The van der Waals surface area contributed by atoms with Gasteiger partial charge in [-0.2, -0.15) is 4.31 Å². The van der Waals surface area contributed by atoms with E-state index in [4.69, 9.17) is 4.74 Å². The first kappa shape index (κ1) is 20.9. The molecule has 0 radical (unpaired) electrons. The van der Waals surface area contributed by atoms with E-state index < -0.39 is 22.0 Å². The van der Waals surface area contributed by atoms with Gasteiger partial charge in [-0.1, -0.05) is 42.5 Å². The molecule has 0 aromatic heterocycles. The van der Waals surface area contributed by atoms with Crippen molar-refractivity contribution in [2.45, 2.75) is 19.9 Å². The highest BCUT2D eigenvalue weighted by Crippen LogP contribution is 2.22. The second-order valence-electron chi connectivity index (χ2n) is 6.50. The predicted octanol–water partition coefficient (Wildman–Crippen LogP) is 2.43. The molecular formula is C20H26N2O4S. The van der Waals surface area contributed by atoms with Gasteiger partial charge in [0.25, 0.3) is 0 Å². The van der Waals surface area contributed by atoms with Gasteiger partial charge in [-0.15, -0.1) is 0 Å². The van der Waals surface area contributed by atoms with Crippen molar-refractivity contribution >= 4 is 15.9 Å². The number of nitrogens with zero attached hydrogens (tertiary/aromatic N) is 1. The van der Waals surface area contributed by atoms with Crippen LogP contribution in [0.4, 0.5) is 0 Å². The minimum Gasteiger partial charge on any atom is -0.491 e. The number of likely N-dealkylation sites (N-methyl/N-ethyl adjacent to an activating group) is 1. The fourth-order valence-electron chi connectivity index (χ4n) is 2.65. The van der Waals surface area contributed by atoms with E-state index >= 15 is 0 Å². The largest absolute Gasteiger partial charge is 0.491 e. The van der Waals surface area contributed by atoms with E-state index in [0.29, 0.717) is 12.2 Å². The van der Waals surface area contributed by atoms with E-state index in [9.17, 15) is 13.2 Å². The van der Waals surface area contributed by atoms with Gasteiger partial charge in [0.1, 0.15) is 18.4 Å². The van der Waals surface area contributed by atoms with Gasteiger partial charge in [0.05, 0.1) is 12.8 Å². The highest BCUT2D eigenvalue weighted by atomic mass is 32.2. The monoisotopic (exact) mass is 390 g/mol. The second kappa shape index (κ2) is 9.01. The van der Waals surface area contributed by atoms with Gasteiger partial charge in [0.2, 0.25) is 15.9 Å². The van der Waals surface area contributed by atoms with Crippen molar-refractivity contribution < 1.29 is 17.9 Å². The van der Waals surface area contributed by atoms with Gasteiger partial charge in [0, 0.05) is 7.05 Å². The van der Waals surface area contributed by atoms with Crippen molar-refractivity contribution in [1.82, 2.24) is 9.62 Å². The van der Waals surface area contributed by atoms with Crippen LogP contribution in [0.15, 0.2) is 48.5 Å². The highest BCUT2D eigenvalue weighted by molar-refractivity contribution is 7.88. The SMILES string of the molecule is Cc1ccc(C)c(OCCNC(=O)[C@@H](c2ccccc2)N(C)S(C)(=O)=O)c1. The van der Waals surface area contributed by atoms with Gasteiger partial charge in [-0.3, -0.25) is 4.79 Å². The van der Waals surface area contributed by atoms with E-state index in [1.54, 1.807) is 24.3 Å². The first-order valence-corrected chi connectivity index (χ1v) is 10.5. The molecular weight excluding hydrogens is 364 g/mol. The maximum absolute atomic E-state index is 12.7. The van der Waals surface area contributed by atoms with Crippen LogP contribution >= 0.6 is 0 Å². The van der Waals surface area contributed by atoms with E-state index in [1.165, 1.54) is 7.05 Å². The van der Waals surface area contributed by atoms with Gasteiger partial charge in [-0.25, -0.2) is 8.42 Å². The average molecular weight is 391 g/mol. The Bertz CT molecular complexity index is 882. The molecule has 6 nitrogen and oxygen atoms in total. The lowest BCUT2D eigenvalue weighted by atomic mass is 10.1. The summed E-state index contributed by atoms with van der Waals surface area (Å²) in [5, 5.41) is 2.77. The van der Waals surface area contributed by atoms with Gasteiger partial charge in [-0.05, 0) is 36.6 Å². The molecule has 0 aliphatic rings. The Kier molecular flexibility index (Phi) is 6.98. The Balaban J connectivity index is 2.03. The Hall–Kier alpha value is -2.38. The number of ether oxygens (including phenoxy) is 1. The number of sulfonamides is 1. The van der Waals surface area contributed by atoms with Crippen LogP contribution in [0.2, 0.25) is 0 Å². The number of benzene rings is 2. The quantitative estimate of drug-likeness (QED) is 0.703. The molecule has 0 fully saturated rings. The van der Waals surface area contributed by atoms with E-state index in [-0.39, 0.29) is 6.54 Å². The van der Waals surface area contributed by atoms with E-state index in [0.717, 1.165) is 27.4 Å². The van der Waals surface area contributed by atoms with Crippen molar-refractivity contribution in [3.63, 3.8) is 0 Å². The molecule has 2 rings (SSSR count). The lowest BCUT2D eigenvalue weighted by molar-refractivity contribution is -0.124. The predicted molar refractivity (Wildman–Crippen MR) is 106 cm³/mol. The second-order valence-corrected chi connectivity index (χ2v) is 8.54. The van der Waals surface area contributed by atoms with Crippen LogP contribution < -0.4 is 10.1 Å². The lowest BCUT2D eigenvalue weighted by Crippen LogP contribution is -2.42. The van der Waals surface area contributed by atoms with Crippen LogP contribution in [0.1, 0.15) is 22.7 Å². The fraction of sp³-hybridized carbons (Fsp3) is 0.350. The third-order valence-corrected chi connectivity index (χ3v) is 5.51. The number of carbonyl (C=O) groups excluding carboxylic acids is 1. The van der Waals surface area contributed by atoms with Gasteiger partial charge >= 0.3 is 0 Å². The molecule has 1 atom stereocenters. The number of aryl methyl sites for hydroxylation is 2. The van der Waals surface area contributed by atoms with Crippen LogP contribution in [-0.4, -0.2) is 45.1 Å². The first-order valence-electron chi connectivity index (χ1n) is 8.66. The summed E-state index contributed by atoms with van der Waals surface area (Å²) in [5.41, 5.74) is 2.72. The Labute approximate surface area is 161 Å². The van der Waals surface area contributed by atoms with Gasteiger partial charge in [0.15, 0.2) is 0 Å². The minimum atomic E-state index is -3.54. The normalized spacial score (nSPS) is 12.6. The summed E-state index contributed by atoms with van der Waals surface area (Å²) in [6, 6.07) is 13.8. The van der Waals surface area contributed by atoms with Crippen LogP contribution in [0.25, 0.3) is 0 Å². The number of nitrogens with one attached hydrogen (secondary N) is 1. The Morgan fingerprint density at radius 1 is 1.15 bits per heavy atom. The summed E-state index contributed by atoms with van der Waals surface area (Å²) >= 11 is 0. The molecule has 0 unspecified atom stereocenters. The zero-order valence-electron chi connectivity index (χ0n) is 16.1. The van der Waals surface area contributed by atoms with Crippen molar-refractivity contribution in [2.75, 3.05) is 26.5 Å². The maximum atomic E-state index is 12.7. The average Bonchev–Trinajstić information content (AvgIpc) is 2.62. The summed E-state index contributed by atoms with van der Waals surface area (Å²) in [7, 11) is -2.14. The lowest BCUT2D eigenvalue weighted by Gasteiger charge is -2.25. The van der Waals surface area contributed by atoms with Crippen molar-refractivity contribution in [1.29, 1.82) is 0 Å². The molecule has 2 aromatic carbocycles. The number of hydrogen-bond donors (Lipinski definition) is 1. The Morgan fingerprint density at radius 2 is 1.81 bits per heavy atom. The van der Waals surface area contributed by atoms with Crippen LogP contribution in [0, 0.1) is 13.8 Å². The van der Waals surface area contributed by atoms with E-state index in [1.807, 2.05) is 38.1 Å². The number of carbonyl (C=O) groups is 1. The van der Waals surface area contributed by atoms with Crippen molar-refractivity contribution in [3.8, 4) is 5.75 Å². The molecule has 1 amide bonds. The molecule has 0 heterocycles. The smallest absolute Gasteiger partial charge is 0.243 e. The van der Waals surface area contributed by atoms with Crippen LogP contribution in [-0.2, 0) is 14.8 Å². The molecule has 27 heavy (non-hydrogen) atoms. The molecule has 0 aliphatic carbocycles. The van der Waals surface area contributed by atoms with Crippen LogP contribution in [0.5, 0.6) is 5.75 Å². The topological polar surface area (TPSA) is 75.7 Å². The molecule has 0 spiro atoms. The zero-order chi connectivity index (χ0) is 20.0. The first-order chi connectivity index (χ1) is 12.7. The molecule has 0 saturated carbocycles. The molecule has 0 bridgehead atoms. The minimum absolute atomic E-state index is 0.271. The standard InChI is InChI=1S/C20H26N2O4S/c1-15-10-11-16(2)18(14-15)26-13-12-21-20(23)19(22(3)27(4,24)25)17-8-6-5-7-9-17/h5-11,14,19H,12-13H2,1-4H3,(H,21,23)/t19-/m1/s1. The van der Waals surface area contributed by atoms with Crippen molar-refractivity contribution in [2.24, 2.45) is 0 Å². The summed E-state index contributed by atoms with van der Waals surface area (Å²) in [4.78, 5) is 12.7. The van der Waals surface area contributed by atoms with Gasteiger partial charge < -0.3 is 10.1 Å². The third-order valence-electron chi connectivity index (χ3n) is 4.25. The molecule has 0 saturated heterocycles. The third kappa shape index (κ3) is 5.80.